The van der Waals surface area contributed by atoms with Gasteiger partial charge in [-0.1, -0.05) is 25.1 Å². The second-order valence-corrected chi connectivity index (χ2v) is 4.13. The molecule has 2 heteroatoms. The molecule has 0 bridgehead atoms. The van der Waals surface area contributed by atoms with Crippen molar-refractivity contribution in [1.29, 1.82) is 0 Å². The lowest BCUT2D eigenvalue weighted by Gasteiger charge is -2.06. The summed E-state index contributed by atoms with van der Waals surface area (Å²) in [5.74, 6) is 0.980. The first-order chi connectivity index (χ1) is 8.20. The highest BCUT2D eigenvalue weighted by atomic mass is 16.5. The van der Waals surface area contributed by atoms with Crippen LogP contribution in [0.3, 0.4) is 0 Å². The Morgan fingerprint density at radius 2 is 1.82 bits per heavy atom. The van der Waals surface area contributed by atoms with Crippen molar-refractivity contribution in [1.82, 2.24) is 0 Å². The average Bonchev–Trinajstić information content (AvgIpc) is 2.35. The van der Waals surface area contributed by atoms with Gasteiger partial charge in [0.2, 0.25) is 0 Å². The Bertz CT molecular complexity index is 544. The van der Waals surface area contributed by atoms with E-state index in [1.54, 1.807) is 6.92 Å². The van der Waals surface area contributed by atoms with Gasteiger partial charge in [0, 0.05) is 5.56 Å². The predicted molar refractivity (Wildman–Crippen MR) is 69.7 cm³/mol. The first kappa shape index (κ1) is 11.6. The van der Waals surface area contributed by atoms with Crippen molar-refractivity contribution < 1.29 is 9.53 Å². The van der Waals surface area contributed by atoms with Crippen LogP contribution in [0.15, 0.2) is 36.4 Å². The van der Waals surface area contributed by atoms with E-state index in [-0.39, 0.29) is 5.78 Å². The third-order valence-electron chi connectivity index (χ3n) is 2.69. The molecule has 0 atom stereocenters. The number of hydrogen-bond donors (Lipinski definition) is 0. The van der Waals surface area contributed by atoms with Crippen LogP contribution in [0.5, 0.6) is 5.75 Å². The molecule has 17 heavy (non-hydrogen) atoms. The van der Waals surface area contributed by atoms with E-state index in [0.29, 0.717) is 0 Å². The minimum atomic E-state index is 0.0956. The molecule has 2 aromatic carbocycles. The molecule has 0 radical (unpaired) electrons. The number of carbonyl (C=O) groups is 1. The third-order valence-corrected chi connectivity index (χ3v) is 2.69. The molecule has 0 amide bonds. The van der Waals surface area contributed by atoms with Crippen molar-refractivity contribution in [2.75, 3.05) is 6.61 Å². The summed E-state index contributed by atoms with van der Waals surface area (Å²) in [4.78, 5) is 11.3. The average molecular weight is 228 g/mol. The fourth-order valence-electron chi connectivity index (χ4n) is 1.75. The maximum Gasteiger partial charge on any atom is 0.159 e. The van der Waals surface area contributed by atoms with Gasteiger partial charge in [0.1, 0.15) is 5.75 Å². The zero-order valence-corrected chi connectivity index (χ0v) is 10.2. The van der Waals surface area contributed by atoms with Crippen LogP contribution in [-0.2, 0) is 0 Å². The summed E-state index contributed by atoms with van der Waals surface area (Å²) in [6.07, 6.45) is 1.00. The van der Waals surface area contributed by atoms with Crippen molar-refractivity contribution in [2.24, 2.45) is 0 Å². The second-order valence-electron chi connectivity index (χ2n) is 4.13. The predicted octanol–water partition coefficient (Wildman–Crippen LogP) is 3.83. The van der Waals surface area contributed by atoms with Crippen LogP contribution in [0.2, 0.25) is 0 Å². The van der Waals surface area contributed by atoms with Gasteiger partial charge in [-0.3, -0.25) is 4.79 Å². The van der Waals surface area contributed by atoms with E-state index >= 15 is 0 Å². The molecule has 2 nitrogen and oxygen atoms in total. The van der Waals surface area contributed by atoms with E-state index in [2.05, 4.69) is 6.92 Å². The van der Waals surface area contributed by atoms with Gasteiger partial charge >= 0.3 is 0 Å². The lowest BCUT2D eigenvalue weighted by atomic mass is 10.0. The number of carbonyl (C=O) groups excluding carboxylic acids is 1. The van der Waals surface area contributed by atoms with Crippen LogP contribution in [0.4, 0.5) is 0 Å². The van der Waals surface area contributed by atoms with Crippen LogP contribution < -0.4 is 4.74 Å². The van der Waals surface area contributed by atoms with Crippen LogP contribution >= 0.6 is 0 Å². The quantitative estimate of drug-likeness (QED) is 0.743. The standard InChI is InChI=1S/C15H16O2/c1-3-8-17-15-7-6-13-9-12(11(2)16)4-5-14(13)10-15/h4-7,9-10H,3,8H2,1-2H3. The van der Waals surface area contributed by atoms with Gasteiger partial charge in [0.05, 0.1) is 6.61 Å². The fourth-order valence-corrected chi connectivity index (χ4v) is 1.75. The zero-order valence-electron chi connectivity index (χ0n) is 10.2. The van der Waals surface area contributed by atoms with Crippen LogP contribution in [0.1, 0.15) is 30.6 Å². The molecule has 0 aromatic heterocycles. The zero-order chi connectivity index (χ0) is 12.3. The summed E-state index contributed by atoms with van der Waals surface area (Å²) >= 11 is 0. The highest BCUT2D eigenvalue weighted by Gasteiger charge is 2.02. The number of ketones is 1. The normalized spacial score (nSPS) is 10.5. The Morgan fingerprint density at radius 3 is 2.53 bits per heavy atom. The molecule has 0 heterocycles. The fraction of sp³-hybridized carbons (Fsp3) is 0.267. The van der Waals surface area contributed by atoms with Crippen molar-refractivity contribution >= 4 is 16.6 Å². The number of benzene rings is 2. The molecule has 0 aliphatic carbocycles. The van der Waals surface area contributed by atoms with Crippen LogP contribution in [0.25, 0.3) is 10.8 Å². The Labute approximate surface area is 101 Å². The minimum absolute atomic E-state index is 0.0956. The number of hydrogen-bond acceptors (Lipinski definition) is 2. The van der Waals surface area contributed by atoms with Crippen molar-refractivity contribution in [3.63, 3.8) is 0 Å². The molecule has 0 unspecified atom stereocenters. The Morgan fingerprint density at radius 1 is 1.12 bits per heavy atom. The maximum absolute atomic E-state index is 11.3. The highest BCUT2D eigenvalue weighted by Crippen LogP contribution is 2.22. The lowest BCUT2D eigenvalue weighted by Crippen LogP contribution is -1.95. The van der Waals surface area contributed by atoms with Crippen LogP contribution in [0, 0.1) is 0 Å². The van der Waals surface area contributed by atoms with Crippen molar-refractivity contribution in [3.8, 4) is 5.75 Å². The van der Waals surface area contributed by atoms with E-state index < -0.39 is 0 Å². The number of rotatable bonds is 4. The first-order valence-electron chi connectivity index (χ1n) is 5.88. The summed E-state index contributed by atoms with van der Waals surface area (Å²) in [6, 6.07) is 11.7. The van der Waals surface area contributed by atoms with E-state index in [1.807, 2.05) is 36.4 Å². The molecule has 0 N–H and O–H groups in total. The second kappa shape index (κ2) is 5.00. The SMILES string of the molecule is CCCOc1ccc2cc(C(C)=O)ccc2c1. The van der Waals surface area contributed by atoms with Gasteiger partial charge in [-0.15, -0.1) is 0 Å². The van der Waals surface area contributed by atoms with E-state index in [9.17, 15) is 4.79 Å². The van der Waals surface area contributed by atoms with Gasteiger partial charge in [0.25, 0.3) is 0 Å². The van der Waals surface area contributed by atoms with Crippen LogP contribution in [-0.4, -0.2) is 12.4 Å². The molecule has 0 saturated heterocycles. The van der Waals surface area contributed by atoms with Gasteiger partial charge < -0.3 is 4.74 Å². The van der Waals surface area contributed by atoms with E-state index in [0.717, 1.165) is 35.1 Å². The van der Waals surface area contributed by atoms with Gasteiger partial charge in [0.15, 0.2) is 5.78 Å². The molecule has 2 aromatic rings. The molecule has 0 aliphatic heterocycles. The topological polar surface area (TPSA) is 26.3 Å². The molecule has 0 spiro atoms. The summed E-state index contributed by atoms with van der Waals surface area (Å²) in [5.41, 5.74) is 0.750. The summed E-state index contributed by atoms with van der Waals surface area (Å²) in [6.45, 7) is 4.40. The molecule has 0 saturated carbocycles. The van der Waals surface area contributed by atoms with Crippen molar-refractivity contribution in [3.05, 3.63) is 42.0 Å². The maximum atomic E-state index is 11.3. The first-order valence-corrected chi connectivity index (χ1v) is 5.88. The number of Topliss-reactive ketones (excluding diaryl/α,β-unsaturated/α-hetero) is 1. The smallest absolute Gasteiger partial charge is 0.159 e. The Balaban J connectivity index is 2.36. The van der Waals surface area contributed by atoms with Gasteiger partial charge in [-0.2, -0.15) is 0 Å². The van der Waals surface area contributed by atoms with E-state index in [1.165, 1.54) is 0 Å². The highest BCUT2D eigenvalue weighted by molar-refractivity contribution is 5.98. The monoisotopic (exact) mass is 228 g/mol. The Kier molecular flexibility index (Phi) is 3.43. The minimum Gasteiger partial charge on any atom is -0.494 e. The summed E-state index contributed by atoms with van der Waals surface area (Å²) in [7, 11) is 0. The molecular formula is C15H16O2. The Hall–Kier alpha value is -1.83. The number of ether oxygens (including phenoxy) is 1. The third kappa shape index (κ3) is 2.64. The summed E-state index contributed by atoms with van der Waals surface area (Å²) < 4.78 is 5.57. The van der Waals surface area contributed by atoms with Gasteiger partial charge in [-0.25, -0.2) is 0 Å². The number of fused-ring (bicyclic) bond motifs is 1. The van der Waals surface area contributed by atoms with Crippen molar-refractivity contribution in [2.45, 2.75) is 20.3 Å². The summed E-state index contributed by atoms with van der Waals surface area (Å²) in [5, 5.41) is 2.17. The molecule has 2 rings (SSSR count). The van der Waals surface area contributed by atoms with E-state index in [4.69, 9.17) is 4.74 Å². The molecule has 88 valence electrons. The lowest BCUT2D eigenvalue weighted by molar-refractivity contribution is 0.101. The molecule has 0 aliphatic rings. The molecular weight excluding hydrogens is 212 g/mol. The largest absolute Gasteiger partial charge is 0.494 e. The molecule has 0 fully saturated rings. The van der Waals surface area contributed by atoms with Gasteiger partial charge in [-0.05, 0) is 42.3 Å².